The van der Waals surface area contributed by atoms with Gasteiger partial charge in [0, 0.05) is 11.8 Å². The Hall–Kier alpha value is -1.76. The van der Waals surface area contributed by atoms with Crippen LogP contribution in [0.2, 0.25) is 0 Å². The van der Waals surface area contributed by atoms with Crippen molar-refractivity contribution < 1.29 is 22.5 Å². The van der Waals surface area contributed by atoms with E-state index in [1.807, 2.05) is 20.8 Å². The highest BCUT2D eigenvalue weighted by Gasteiger charge is 2.48. The van der Waals surface area contributed by atoms with Gasteiger partial charge in [-0.3, -0.25) is 4.55 Å². The molecule has 0 bridgehead atoms. The van der Waals surface area contributed by atoms with E-state index in [4.69, 9.17) is 0 Å². The summed E-state index contributed by atoms with van der Waals surface area (Å²) in [6, 6.07) is 9.38. The number of aryl methyl sites for hydroxylation is 2. The third-order valence-corrected chi connectivity index (χ3v) is 7.03. The fourth-order valence-electron chi connectivity index (χ4n) is 4.79. The minimum absolute atomic E-state index is 0.0518. The van der Waals surface area contributed by atoms with E-state index in [0.29, 0.717) is 18.4 Å². The summed E-state index contributed by atoms with van der Waals surface area (Å²) in [6.07, 6.45) is 0.885. The maximum atomic E-state index is 13.7. The Kier molecular flexibility index (Phi) is 5.42. The van der Waals surface area contributed by atoms with Crippen LogP contribution in [0.15, 0.2) is 41.3 Å². The van der Waals surface area contributed by atoms with Crippen LogP contribution in [-0.4, -0.2) is 23.7 Å². The maximum Gasteiger partial charge on any atom is 0.294 e. The summed E-state index contributed by atoms with van der Waals surface area (Å²) in [6.45, 7) is 7.64. The molecule has 0 saturated heterocycles. The van der Waals surface area contributed by atoms with E-state index >= 15 is 0 Å². The molecule has 1 unspecified atom stereocenters. The predicted molar refractivity (Wildman–Crippen MR) is 107 cm³/mol. The molecule has 6 heteroatoms. The molecule has 0 saturated carbocycles. The van der Waals surface area contributed by atoms with Crippen molar-refractivity contribution in [3.05, 3.63) is 64.5 Å². The molecule has 0 aromatic heterocycles. The van der Waals surface area contributed by atoms with Gasteiger partial charge in [-0.05, 0) is 60.6 Å². The van der Waals surface area contributed by atoms with Gasteiger partial charge in [0.25, 0.3) is 10.1 Å². The summed E-state index contributed by atoms with van der Waals surface area (Å²) in [5.41, 5.74) is 1.80. The van der Waals surface area contributed by atoms with Crippen molar-refractivity contribution in [3.8, 4) is 0 Å². The fraction of sp³-hybridized carbons (Fsp3) is 0.455. The zero-order valence-corrected chi connectivity index (χ0v) is 17.4. The van der Waals surface area contributed by atoms with Gasteiger partial charge in [-0.2, -0.15) is 8.42 Å². The lowest BCUT2D eigenvalue weighted by molar-refractivity contribution is -0.0379. The average Bonchev–Trinajstić information content (AvgIpc) is 2.59. The van der Waals surface area contributed by atoms with Gasteiger partial charge in [0.15, 0.2) is 0 Å². The Morgan fingerprint density at radius 1 is 1.14 bits per heavy atom. The molecule has 3 rings (SSSR count). The molecule has 1 aliphatic carbocycles. The number of halogens is 1. The highest BCUT2D eigenvalue weighted by Crippen LogP contribution is 2.51. The Morgan fingerprint density at radius 2 is 1.82 bits per heavy atom. The molecule has 3 atom stereocenters. The average molecular weight is 407 g/mol. The van der Waals surface area contributed by atoms with Crippen LogP contribution in [0.1, 0.15) is 61.3 Å². The van der Waals surface area contributed by atoms with Gasteiger partial charge in [-0.25, -0.2) is 4.39 Å². The number of hydrogen-bond acceptors (Lipinski definition) is 3. The number of aliphatic hydroxyl groups is 1. The summed E-state index contributed by atoms with van der Waals surface area (Å²) in [7, 11) is -4.43. The largest absolute Gasteiger partial charge is 0.389 e. The van der Waals surface area contributed by atoms with Crippen molar-refractivity contribution >= 4 is 10.1 Å². The second-order valence-corrected chi connectivity index (χ2v) is 9.68. The second kappa shape index (κ2) is 7.25. The Balaban J connectivity index is 2.17. The standard InChI is InChI=1S/C22H27FO4S/c1-13(2)21-18-7-6-17(23)12-16(18)9-10-22(21,24)15(4)19-11-14(3)5-8-20(19)28(25,26)27/h5-8,11-13,15,21,24H,9-10H2,1-4H3,(H,25,26,27)/t15-,21?,22-/m0/s1. The summed E-state index contributed by atoms with van der Waals surface area (Å²) in [4.78, 5) is -0.175. The quantitative estimate of drug-likeness (QED) is 0.728. The third-order valence-electron chi connectivity index (χ3n) is 6.10. The number of hydrogen-bond donors (Lipinski definition) is 2. The molecule has 0 heterocycles. The molecule has 0 fully saturated rings. The van der Waals surface area contributed by atoms with Crippen molar-refractivity contribution in [2.24, 2.45) is 5.92 Å². The molecule has 4 nitrogen and oxygen atoms in total. The SMILES string of the molecule is Cc1ccc(S(=O)(=O)O)c([C@H](C)[C@@]2(O)CCc3cc(F)ccc3C2C(C)C)c1. The molecular formula is C22H27FO4S. The van der Waals surface area contributed by atoms with Gasteiger partial charge < -0.3 is 5.11 Å². The van der Waals surface area contributed by atoms with Gasteiger partial charge >= 0.3 is 0 Å². The maximum absolute atomic E-state index is 13.7. The van der Waals surface area contributed by atoms with Crippen LogP contribution in [0.25, 0.3) is 0 Å². The molecule has 28 heavy (non-hydrogen) atoms. The van der Waals surface area contributed by atoms with E-state index < -0.39 is 21.6 Å². The molecule has 0 aliphatic heterocycles. The molecule has 1 aliphatic rings. The first-order valence-electron chi connectivity index (χ1n) is 9.54. The van der Waals surface area contributed by atoms with Crippen molar-refractivity contribution in [3.63, 3.8) is 0 Å². The number of rotatable bonds is 4. The topological polar surface area (TPSA) is 74.6 Å². The molecule has 0 spiro atoms. The normalized spacial score (nSPS) is 23.5. The van der Waals surface area contributed by atoms with Gasteiger partial charge in [0.2, 0.25) is 0 Å². The lowest BCUT2D eigenvalue weighted by atomic mass is 9.61. The van der Waals surface area contributed by atoms with Crippen molar-refractivity contribution in [2.75, 3.05) is 0 Å². The van der Waals surface area contributed by atoms with E-state index in [1.165, 1.54) is 18.2 Å². The molecule has 152 valence electrons. The van der Waals surface area contributed by atoms with E-state index in [9.17, 15) is 22.5 Å². The van der Waals surface area contributed by atoms with Gasteiger partial charge in [0.1, 0.15) is 5.82 Å². The fourth-order valence-corrected chi connectivity index (χ4v) is 5.56. The van der Waals surface area contributed by atoms with E-state index in [2.05, 4.69) is 0 Å². The van der Waals surface area contributed by atoms with E-state index in [1.54, 1.807) is 25.1 Å². The number of benzene rings is 2. The lowest BCUT2D eigenvalue weighted by Gasteiger charge is -2.47. The summed E-state index contributed by atoms with van der Waals surface area (Å²) < 4.78 is 47.3. The van der Waals surface area contributed by atoms with Crippen LogP contribution in [0.4, 0.5) is 4.39 Å². The summed E-state index contributed by atoms with van der Waals surface area (Å²) >= 11 is 0. The van der Waals surface area contributed by atoms with Crippen LogP contribution in [0.5, 0.6) is 0 Å². The second-order valence-electron chi connectivity index (χ2n) is 8.29. The molecule has 2 aromatic rings. The van der Waals surface area contributed by atoms with Crippen LogP contribution >= 0.6 is 0 Å². The van der Waals surface area contributed by atoms with Crippen LogP contribution in [-0.2, 0) is 16.5 Å². The van der Waals surface area contributed by atoms with Crippen LogP contribution in [0.3, 0.4) is 0 Å². The first-order valence-corrected chi connectivity index (χ1v) is 11.0. The zero-order chi connectivity index (χ0) is 20.9. The first kappa shape index (κ1) is 21.0. The minimum atomic E-state index is -4.43. The highest BCUT2D eigenvalue weighted by atomic mass is 32.2. The molecular weight excluding hydrogens is 379 g/mol. The van der Waals surface area contributed by atoms with Crippen molar-refractivity contribution in [2.45, 2.75) is 62.9 Å². The Labute approximate surface area is 166 Å². The predicted octanol–water partition coefficient (Wildman–Crippen LogP) is 4.60. The van der Waals surface area contributed by atoms with Gasteiger partial charge in [-0.15, -0.1) is 0 Å². The van der Waals surface area contributed by atoms with Crippen molar-refractivity contribution in [1.82, 2.24) is 0 Å². The molecule has 0 amide bonds. The Bertz CT molecular complexity index is 1000. The Morgan fingerprint density at radius 3 is 2.43 bits per heavy atom. The minimum Gasteiger partial charge on any atom is -0.389 e. The summed E-state index contributed by atoms with van der Waals surface area (Å²) in [5, 5.41) is 11.9. The molecule has 2 N–H and O–H groups in total. The van der Waals surface area contributed by atoms with Gasteiger partial charge in [-0.1, -0.05) is 44.5 Å². The first-order chi connectivity index (χ1) is 12.9. The van der Waals surface area contributed by atoms with Crippen LogP contribution in [0, 0.1) is 18.7 Å². The lowest BCUT2D eigenvalue weighted by Crippen LogP contribution is -2.47. The van der Waals surface area contributed by atoms with E-state index in [-0.39, 0.29) is 22.5 Å². The monoisotopic (exact) mass is 406 g/mol. The highest BCUT2D eigenvalue weighted by molar-refractivity contribution is 7.85. The van der Waals surface area contributed by atoms with Crippen molar-refractivity contribution in [1.29, 1.82) is 0 Å². The van der Waals surface area contributed by atoms with E-state index in [0.717, 1.165) is 16.7 Å². The molecule has 2 aromatic carbocycles. The third kappa shape index (κ3) is 3.61. The smallest absolute Gasteiger partial charge is 0.294 e. The van der Waals surface area contributed by atoms with Crippen LogP contribution < -0.4 is 0 Å². The van der Waals surface area contributed by atoms with Gasteiger partial charge in [0.05, 0.1) is 10.5 Å². The zero-order valence-electron chi connectivity index (χ0n) is 16.6. The number of fused-ring (bicyclic) bond motifs is 1. The molecule has 0 radical (unpaired) electrons. The summed E-state index contributed by atoms with van der Waals surface area (Å²) in [5.74, 6) is -1.08.